The Kier molecular flexibility index (Phi) is 3.86. The monoisotopic (exact) mass is 247 g/mol. The molecule has 0 aliphatic heterocycles. The highest BCUT2D eigenvalue weighted by Gasteiger charge is 2.08. The van der Waals surface area contributed by atoms with Crippen LogP contribution in [0.1, 0.15) is 11.5 Å². The quantitative estimate of drug-likeness (QED) is 0.816. The predicted octanol–water partition coefficient (Wildman–Crippen LogP) is 2.83. The lowest BCUT2D eigenvalue weighted by Gasteiger charge is -2.00. The summed E-state index contributed by atoms with van der Waals surface area (Å²) in [5.74, 6) is 0.981. The molecule has 2 aromatic rings. The number of imidazole rings is 1. The molecule has 0 spiro atoms. The predicted molar refractivity (Wildman–Crippen MR) is 73.3 cm³/mol. The first kappa shape index (κ1) is 12.2. The molecule has 0 unspecified atom stereocenters. The van der Waals surface area contributed by atoms with Crippen molar-refractivity contribution < 1.29 is 0 Å². The largest absolute Gasteiger partial charge is 0.344 e. The number of rotatable bonds is 4. The minimum atomic E-state index is 0.768. The van der Waals surface area contributed by atoms with Crippen molar-refractivity contribution in [2.75, 3.05) is 13.3 Å². The van der Waals surface area contributed by atoms with Crippen LogP contribution in [0.3, 0.4) is 0 Å². The summed E-state index contributed by atoms with van der Waals surface area (Å²) in [6.45, 7) is 2.83. The molecule has 0 aliphatic carbocycles. The van der Waals surface area contributed by atoms with Crippen LogP contribution in [0.5, 0.6) is 0 Å². The summed E-state index contributed by atoms with van der Waals surface area (Å²) in [7, 11) is 1.92. The van der Waals surface area contributed by atoms with Gasteiger partial charge in [0, 0.05) is 16.2 Å². The number of thioether (sulfide) groups is 1. The van der Waals surface area contributed by atoms with E-state index < -0.39 is 0 Å². The van der Waals surface area contributed by atoms with Crippen molar-refractivity contribution in [1.82, 2.24) is 15.3 Å². The van der Waals surface area contributed by atoms with Crippen LogP contribution < -0.4 is 5.32 Å². The van der Waals surface area contributed by atoms with Crippen molar-refractivity contribution >= 4 is 11.8 Å². The second kappa shape index (κ2) is 5.38. The van der Waals surface area contributed by atoms with Gasteiger partial charge in [-0.15, -0.1) is 11.8 Å². The lowest BCUT2D eigenvalue weighted by molar-refractivity contribution is 0.770. The van der Waals surface area contributed by atoms with E-state index in [2.05, 4.69) is 52.7 Å². The SMILES string of the molecule is CNCc1nc(-c2ccc(SC)cc2)c(C)[nH]1. The molecule has 1 heterocycles. The Balaban J connectivity index is 2.31. The molecule has 2 N–H and O–H groups in total. The Morgan fingerprint density at radius 1 is 1.29 bits per heavy atom. The molecular formula is C13H17N3S. The van der Waals surface area contributed by atoms with E-state index in [0.29, 0.717) is 0 Å². The normalized spacial score (nSPS) is 10.8. The first-order valence-electron chi connectivity index (χ1n) is 5.59. The molecule has 0 radical (unpaired) electrons. The van der Waals surface area contributed by atoms with Gasteiger partial charge in [0.25, 0.3) is 0 Å². The highest BCUT2D eigenvalue weighted by molar-refractivity contribution is 7.98. The second-order valence-corrected chi connectivity index (χ2v) is 4.80. The molecule has 0 saturated heterocycles. The maximum atomic E-state index is 4.60. The molecular weight excluding hydrogens is 230 g/mol. The third-order valence-corrected chi connectivity index (χ3v) is 3.39. The van der Waals surface area contributed by atoms with Gasteiger partial charge in [0.05, 0.1) is 12.2 Å². The smallest absolute Gasteiger partial charge is 0.121 e. The van der Waals surface area contributed by atoms with E-state index in [4.69, 9.17) is 0 Å². The van der Waals surface area contributed by atoms with E-state index in [1.165, 1.54) is 10.5 Å². The number of aryl methyl sites for hydroxylation is 1. The lowest BCUT2D eigenvalue weighted by atomic mass is 10.1. The summed E-state index contributed by atoms with van der Waals surface area (Å²) < 4.78 is 0. The standard InChI is InChI=1S/C13H17N3S/c1-9-13(16-12(15-9)8-14-2)10-4-6-11(17-3)7-5-10/h4-7,14H,8H2,1-3H3,(H,15,16). The van der Waals surface area contributed by atoms with Crippen LogP contribution in [0, 0.1) is 6.92 Å². The van der Waals surface area contributed by atoms with Crippen molar-refractivity contribution in [2.45, 2.75) is 18.4 Å². The molecule has 3 nitrogen and oxygen atoms in total. The summed E-state index contributed by atoms with van der Waals surface area (Å²) >= 11 is 1.75. The Morgan fingerprint density at radius 3 is 2.59 bits per heavy atom. The van der Waals surface area contributed by atoms with Gasteiger partial charge in [-0.1, -0.05) is 12.1 Å². The Morgan fingerprint density at radius 2 is 2.00 bits per heavy atom. The molecule has 1 aromatic heterocycles. The highest BCUT2D eigenvalue weighted by atomic mass is 32.2. The van der Waals surface area contributed by atoms with E-state index in [1.54, 1.807) is 11.8 Å². The molecule has 90 valence electrons. The van der Waals surface area contributed by atoms with Gasteiger partial charge in [0.1, 0.15) is 5.82 Å². The Bertz CT molecular complexity index is 488. The number of aromatic nitrogens is 2. The molecule has 0 bridgehead atoms. The molecule has 17 heavy (non-hydrogen) atoms. The minimum absolute atomic E-state index is 0.768. The molecule has 0 saturated carbocycles. The van der Waals surface area contributed by atoms with Crippen LogP contribution in [0.2, 0.25) is 0 Å². The Labute approximate surface area is 106 Å². The van der Waals surface area contributed by atoms with Crippen LogP contribution in [0.4, 0.5) is 0 Å². The zero-order valence-corrected chi connectivity index (χ0v) is 11.2. The maximum Gasteiger partial charge on any atom is 0.121 e. The average Bonchev–Trinajstić information content (AvgIpc) is 2.71. The number of hydrogen-bond acceptors (Lipinski definition) is 3. The second-order valence-electron chi connectivity index (χ2n) is 3.92. The van der Waals surface area contributed by atoms with Gasteiger partial charge in [-0.05, 0) is 32.4 Å². The number of benzene rings is 1. The summed E-state index contributed by atoms with van der Waals surface area (Å²) in [6.07, 6.45) is 2.08. The van der Waals surface area contributed by atoms with Gasteiger partial charge in [0.2, 0.25) is 0 Å². The van der Waals surface area contributed by atoms with Crippen molar-refractivity contribution in [3.05, 3.63) is 35.8 Å². The summed E-state index contributed by atoms with van der Waals surface area (Å²) in [4.78, 5) is 9.17. The van der Waals surface area contributed by atoms with Crippen molar-refractivity contribution in [3.63, 3.8) is 0 Å². The molecule has 2 rings (SSSR count). The van der Waals surface area contributed by atoms with Crippen molar-refractivity contribution in [2.24, 2.45) is 0 Å². The van der Waals surface area contributed by atoms with E-state index in [9.17, 15) is 0 Å². The van der Waals surface area contributed by atoms with Gasteiger partial charge in [-0.25, -0.2) is 4.98 Å². The third kappa shape index (κ3) is 2.70. The zero-order chi connectivity index (χ0) is 12.3. The van der Waals surface area contributed by atoms with E-state index in [-0.39, 0.29) is 0 Å². The summed E-state index contributed by atoms with van der Waals surface area (Å²) in [5.41, 5.74) is 3.33. The average molecular weight is 247 g/mol. The number of H-pyrrole nitrogens is 1. The van der Waals surface area contributed by atoms with E-state index in [1.807, 2.05) is 7.05 Å². The fraction of sp³-hybridized carbons (Fsp3) is 0.308. The lowest BCUT2D eigenvalue weighted by Crippen LogP contribution is -2.06. The van der Waals surface area contributed by atoms with Crippen molar-refractivity contribution in [3.8, 4) is 11.3 Å². The van der Waals surface area contributed by atoms with Gasteiger partial charge in [-0.3, -0.25) is 0 Å². The molecule has 0 aliphatic rings. The van der Waals surface area contributed by atoms with Gasteiger partial charge in [-0.2, -0.15) is 0 Å². The zero-order valence-electron chi connectivity index (χ0n) is 10.4. The molecule has 0 fully saturated rings. The van der Waals surface area contributed by atoms with Crippen LogP contribution in [-0.2, 0) is 6.54 Å². The topological polar surface area (TPSA) is 40.7 Å². The third-order valence-electron chi connectivity index (χ3n) is 2.64. The van der Waals surface area contributed by atoms with Crippen LogP contribution in [0.15, 0.2) is 29.2 Å². The molecule has 4 heteroatoms. The van der Waals surface area contributed by atoms with Gasteiger partial charge in [0.15, 0.2) is 0 Å². The van der Waals surface area contributed by atoms with E-state index in [0.717, 1.165) is 23.8 Å². The Hall–Kier alpha value is -1.26. The molecule has 0 amide bonds. The van der Waals surface area contributed by atoms with Crippen LogP contribution >= 0.6 is 11.8 Å². The fourth-order valence-electron chi connectivity index (χ4n) is 1.80. The van der Waals surface area contributed by atoms with Crippen molar-refractivity contribution in [1.29, 1.82) is 0 Å². The number of nitrogens with one attached hydrogen (secondary N) is 2. The maximum absolute atomic E-state index is 4.60. The first-order valence-corrected chi connectivity index (χ1v) is 6.81. The highest BCUT2D eigenvalue weighted by Crippen LogP contribution is 2.24. The first-order chi connectivity index (χ1) is 8.24. The fourth-order valence-corrected chi connectivity index (χ4v) is 2.21. The summed E-state index contributed by atoms with van der Waals surface area (Å²) in [6, 6.07) is 8.51. The molecule has 1 aromatic carbocycles. The van der Waals surface area contributed by atoms with Gasteiger partial charge >= 0.3 is 0 Å². The van der Waals surface area contributed by atoms with Crippen LogP contribution in [0.25, 0.3) is 11.3 Å². The summed E-state index contributed by atoms with van der Waals surface area (Å²) in [5, 5.41) is 3.10. The number of nitrogens with zero attached hydrogens (tertiary/aromatic N) is 1. The van der Waals surface area contributed by atoms with Crippen LogP contribution in [-0.4, -0.2) is 23.3 Å². The number of aromatic amines is 1. The molecule has 0 atom stereocenters. The minimum Gasteiger partial charge on any atom is -0.344 e. The number of hydrogen-bond donors (Lipinski definition) is 2. The van der Waals surface area contributed by atoms with Gasteiger partial charge < -0.3 is 10.3 Å². The van der Waals surface area contributed by atoms with E-state index >= 15 is 0 Å².